The minimum Gasteiger partial charge on any atom is -0.482 e. The summed E-state index contributed by atoms with van der Waals surface area (Å²) in [6.45, 7) is 4.60. The number of hydrogen-bond acceptors (Lipinski definition) is 5. The number of likely N-dealkylation sites (N-methyl/N-ethyl adjacent to an activating group) is 1. The van der Waals surface area contributed by atoms with Crippen LogP contribution >= 0.6 is 0 Å². The van der Waals surface area contributed by atoms with Gasteiger partial charge < -0.3 is 24.2 Å². The van der Waals surface area contributed by atoms with E-state index in [0.29, 0.717) is 31.3 Å². The lowest BCUT2D eigenvalue weighted by Crippen LogP contribution is -2.36. The van der Waals surface area contributed by atoms with Gasteiger partial charge in [0, 0.05) is 19.3 Å². The predicted molar refractivity (Wildman–Crippen MR) is 84.9 cm³/mol. The number of benzene rings is 1. The summed E-state index contributed by atoms with van der Waals surface area (Å²) in [6, 6.07) is 6.59. The number of carboxylic acids is 1. The fraction of sp³-hybridized carbons (Fsp3) is 0.500. The molecule has 1 amide bonds. The van der Waals surface area contributed by atoms with Gasteiger partial charge in [0.2, 0.25) is 0 Å². The largest absolute Gasteiger partial charge is 0.482 e. The molecule has 0 radical (unpaired) electrons. The Bertz CT molecular complexity index is 502. The number of aliphatic carboxylic acids is 1. The van der Waals surface area contributed by atoms with E-state index < -0.39 is 18.7 Å². The highest BCUT2D eigenvalue weighted by molar-refractivity contribution is 5.95. The van der Waals surface area contributed by atoms with Crippen molar-refractivity contribution in [2.45, 2.75) is 20.0 Å². The van der Waals surface area contributed by atoms with Crippen LogP contribution in [0.15, 0.2) is 24.3 Å². The summed E-state index contributed by atoms with van der Waals surface area (Å²) in [4.78, 5) is 24.2. The zero-order valence-electron chi connectivity index (χ0n) is 13.7. The number of carbonyl (C=O) groups excluding carboxylic acids is 1. The predicted octanol–water partition coefficient (Wildman–Crippen LogP) is 1.55. The molecule has 1 aromatic rings. The SMILES string of the molecule is CCOCCOC(C)C(=O)N(C)c1ccc(OCC(=O)O)cc1. The maximum absolute atomic E-state index is 12.3. The summed E-state index contributed by atoms with van der Waals surface area (Å²) in [5, 5.41) is 8.56. The second-order valence-corrected chi connectivity index (χ2v) is 4.78. The maximum atomic E-state index is 12.3. The molecular formula is C16H23NO6. The van der Waals surface area contributed by atoms with Crippen LogP contribution in [0.25, 0.3) is 0 Å². The molecule has 0 saturated carbocycles. The van der Waals surface area contributed by atoms with Gasteiger partial charge in [-0.05, 0) is 38.1 Å². The summed E-state index contributed by atoms with van der Waals surface area (Å²) >= 11 is 0. The standard InChI is InChI=1S/C16H23NO6/c1-4-21-9-10-22-12(2)16(20)17(3)13-5-7-14(8-6-13)23-11-15(18)19/h5-8,12H,4,9-11H2,1-3H3,(H,18,19). The molecule has 0 aliphatic rings. The number of carbonyl (C=O) groups is 2. The molecule has 0 aromatic heterocycles. The van der Waals surface area contributed by atoms with Crippen molar-refractivity contribution in [1.29, 1.82) is 0 Å². The normalized spacial score (nSPS) is 11.8. The molecule has 0 aliphatic carbocycles. The number of hydrogen-bond donors (Lipinski definition) is 1. The second-order valence-electron chi connectivity index (χ2n) is 4.78. The molecule has 0 fully saturated rings. The van der Waals surface area contributed by atoms with E-state index in [1.807, 2.05) is 6.92 Å². The minimum atomic E-state index is -1.04. The van der Waals surface area contributed by atoms with Crippen molar-refractivity contribution in [2.75, 3.05) is 38.4 Å². The lowest BCUT2D eigenvalue weighted by atomic mass is 10.2. The van der Waals surface area contributed by atoms with Gasteiger partial charge in [-0.15, -0.1) is 0 Å². The Balaban J connectivity index is 2.53. The highest BCUT2D eigenvalue weighted by Crippen LogP contribution is 2.19. The quantitative estimate of drug-likeness (QED) is 0.657. The van der Waals surface area contributed by atoms with Gasteiger partial charge in [-0.2, -0.15) is 0 Å². The number of ether oxygens (including phenoxy) is 3. The molecule has 1 aromatic carbocycles. The van der Waals surface area contributed by atoms with Gasteiger partial charge in [0.05, 0.1) is 13.2 Å². The maximum Gasteiger partial charge on any atom is 0.341 e. The Morgan fingerprint density at radius 3 is 2.43 bits per heavy atom. The van der Waals surface area contributed by atoms with Crippen LogP contribution < -0.4 is 9.64 Å². The van der Waals surface area contributed by atoms with Crippen molar-refractivity contribution in [3.05, 3.63) is 24.3 Å². The topological polar surface area (TPSA) is 85.3 Å². The summed E-state index contributed by atoms with van der Waals surface area (Å²) < 4.78 is 15.6. The van der Waals surface area contributed by atoms with E-state index in [2.05, 4.69) is 0 Å². The molecule has 0 saturated heterocycles. The third kappa shape index (κ3) is 6.66. The average molecular weight is 325 g/mol. The molecule has 0 spiro atoms. The molecule has 7 heteroatoms. The van der Waals surface area contributed by atoms with Gasteiger partial charge in [0.15, 0.2) is 6.61 Å². The Hall–Kier alpha value is -2.12. The molecule has 128 valence electrons. The van der Waals surface area contributed by atoms with Gasteiger partial charge in [0.25, 0.3) is 5.91 Å². The lowest BCUT2D eigenvalue weighted by molar-refractivity contribution is -0.139. The van der Waals surface area contributed by atoms with Crippen molar-refractivity contribution < 1.29 is 28.9 Å². The number of nitrogens with zero attached hydrogens (tertiary/aromatic N) is 1. The van der Waals surface area contributed by atoms with E-state index in [1.165, 1.54) is 4.90 Å². The monoisotopic (exact) mass is 325 g/mol. The number of amides is 1. The third-order valence-corrected chi connectivity index (χ3v) is 3.06. The van der Waals surface area contributed by atoms with E-state index >= 15 is 0 Å². The molecule has 0 aliphatic heterocycles. The number of carboxylic acid groups (broad SMARTS) is 1. The molecule has 1 rings (SSSR count). The Morgan fingerprint density at radius 2 is 1.87 bits per heavy atom. The highest BCUT2D eigenvalue weighted by Gasteiger charge is 2.19. The van der Waals surface area contributed by atoms with Gasteiger partial charge in [-0.1, -0.05) is 0 Å². The lowest BCUT2D eigenvalue weighted by Gasteiger charge is -2.22. The molecule has 0 heterocycles. The van der Waals surface area contributed by atoms with Gasteiger partial charge in [0.1, 0.15) is 11.9 Å². The molecule has 1 unspecified atom stereocenters. The van der Waals surface area contributed by atoms with Crippen molar-refractivity contribution in [3.8, 4) is 5.75 Å². The Labute approximate surface area is 135 Å². The van der Waals surface area contributed by atoms with Crippen molar-refractivity contribution >= 4 is 17.6 Å². The fourth-order valence-corrected chi connectivity index (χ4v) is 1.81. The summed E-state index contributed by atoms with van der Waals surface area (Å²) in [7, 11) is 1.65. The van der Waals surface area contributed by atoms with Crippen LogP contribution in [0, 0.1) is 0 Å². The summed E-state index contributed by atoms with van der Waals surface area (Å²) in [5.74, 6) is -0.793. The molecular weight excluding hydrogens is 302 g/mol. The summed E-state index contributed by atoms with van der Waals surface area (Å²) in [6.07, 6.45) is -0.580. The average Bonchev–Trinajstić information content (AvgIpc) is 2.55. The number of rotatable bonds is 10. The molecule has 1 N–H and O–H groups in total. The van der Waals surface area contributed by atoms with E-state index in [-0.39, 0.29) is 5.91 Å². The first kappa shape index (κ1) is 18.9. The highest BCUT2D eigenvalue weighted by atomic mass is 16.5. The third-order valence-electron chi connectivity index (χ3n) is 3.06. The Morgan fingerprint density at radius 1 is 1.22 bits per heavy atom. The Kier molecular flexibility index (Phi) is 8.07. The number of anilines is 1. The summed E-state index contributed by atoms with van der Waals surface area (Å²) in [5.41, 5.74) is 0.665. The van der Waals surface area contributed by atoms with Crippen molar-refractivity contribution in [2.24, 2.45) is 0 Å². The van der Waals surface area contributed by atoms with Gasteiger partial charge >= 0.3 is 5.97 Å². The first-order valence-corrected chi connectivity index (χ1v) is 7.37. The van der Waals surface area contributed by atoms with Crippen molar-refractivity contribution in [1.82, 2.24) is 0 Å². The van der Waals surface area contributed by atoms with Gasteiger partial charge in [-0.25, -0.2) is 4.79 Å². The molecule has 23 heavy (non-hydrogen) atoms. The van der Waals surface area contributed by atoms with Gasteiger partial charge in [-0.3, -0.25) is 4.79 Å². The second kappa shape index (κ2) is 9.81. The molecule has 7 nitrogen and oxygen atoms in total. The smallest absolute Gasteiger partial charge is 0.341 e. The van der Waals surface area contributed by atoms with Crippen LogP contribution in [0.4, 0.5) is 5.69 Å². The van der Waals surface area contributed by atoms with Crippen LogP contribution in [0.1, 0.15) is 13.8 Å². The van der Waals surface area contributed by atoms with E-state index in [4.69, 9.17) is 19.3 Å². The van der Waals surface area contributed by atoms with E-state index in [0.717, 1.165) is 0 Å². The van der Waals surface area contributed by atoms with Crippen molar-refractivity contribution in [3.63, 3.8) is 0 Å². The van der Waals surface area contributed by atoms with Crippen LogP contribution in [0.3, 0.4) is 0 Å². The fourth-order valence-electron chi connectivity index (χ4n) is 1.81. The minimum absolute atomic E-state index is 0.180. The molecule has 0 bridgehead atoms. The molecule has 1 atom stereocenters. The zero-order valence-corrected chi connectivity index (χ0v) is 13.7. The van der Waals surface area contributed by atoms with E-state index in [1.54, 1.807) is 38.2 Å². The van der Waals surface area contributed by atoms with Crippen LogP contribution in [-0.4, -0.2) is 56.6 Å². The zero-order chi connectivity index (χ0) is 17.2. The van der Waals surface area contributed by atoms with Crippen LogP contribution in [-0.2, 0) is 19.1 Å². The van der Waals surface area contributed by atoms with Crippen LogP contribution in [0.2, 0.25) is 0 Å². The first-order chi connectivity index (χ1) is 11.0. The first-order valence-electron chi connectivity index (χ1n) is 7.37. The van der Waals surface area contributed by atoms with E-state index in [9.17, 15) is 9.59 Å². The van der Waals surface area contributed by atoms with Crippen LogP contribution in [0.5, 0.6) is 5.75 Å².